The number of halogens is 2. The molecule has 0 atom stereocenters. The monoisotopic (exact) mass is 324 g/mol. The first kappa shape index (κ1) is 15.5. The number of methoxy groups -OCH3 is 1. The number of carbonyl (C=O) groups is 1. The average Bonchev–Trinajstić information content (AvgIpc) is 2.45. The summed E-state index contributed by atoms with van der Waals surface area (Å²) in [7, 11) is 1.59. The first-order valence-corrected chi connectivity index (χ1v) is 6.92. The molecule has 2 aromatic rings. The molecule has 4 nitrogen and oxygen atoms in total. The molecule has 0 unspecified atom stereocenters. The van der Waals surface area contributed by atoms with Gasteiger partial charge in [0.25, 0.3) is 0 Å². The number of rotatable bonds is 4. The van der Waals surface area contributed by atoms with Crippen molar-refractivity contribution in [2.45, 2.75) is 6.42 Å². The van der Waals surface area contributed by atoms with E-state index in [1.807, 2.05) is 12.1 Å². The number of hydrogen-bond donors (Lipinski definition) is 2. The van der Waals surface area contributed by atoms with Gasteiger partial charge in [0.05, 0.1) is 29.3 Å². The molecule has 0 heterocycles. The molecule has 1 amide bonds. The van der Waals surface area contributed by atoms with E-state index in [0.29, 0.717) is 21.4 Å². The summed E-state index contributed by atoms with van der Waals surface area (Å²) < 4.78 is 5.07. The van der Waals surface area contributed by atoms with Crippen molar-refractivity contribution in [3.8, 4) is 5.75 Å². The molecular formula is C15H14Cl2N2O2. The lowest BCUT2D eigenvalue weighted by molar-refractivity contribution is -0.115. The van der Waals surface area contributed by atoms with Gasteiger partial charge in [-0.05, 0) is 29.8 Å². The van der Waals surface area contributed by atoms with Gasteiger partial charge in [-0.15, -0.1) is 0 Å². The maximum absolute atomic E-state index is 12.0. The molecule has 2 rings (SSSR count). The molecule has 0 saturated carbocycles. The summed E-state index contributed by atoms with van der Waals surface area (Å²) in [5, 5.41) is 3.35. The molecule has 21 heavy (non-hydrogen) atoms. The molecule has 0 radical (unpaired) electrons. The number of ether oxygens (including phenoxy) is 1. The third-order valence-corrected chi connectivity index (χ3v) is 3.51. The number of carbonyl (C=O) groups excluding carboxylic acids is 1. The third-order valence-electron chi connectivity index (χ3n) is 2.89. The van der Waals surface area contributed by atoms with E-state index < -0.39 is 0 Å². The molecule has 6 heteroatoms. The maximum atomic E-state index is 12.0. The highest BCUT2D eigenvalue weighted by Crippen LogP contribution is 2.31. The Labute approximate surface area is 132 Å². The van der Waals surface area contributed by atoms with Crippen LogP contribution in [0, 0.1) is 0 Å². The van der Waals surface area contributed by atoms with Crippen molar-refractivity contribution < 1.29 is 9.53 Å². The second-order valence-corrected chi connectivity index (χ2v) is 5.24. The van der Waals surface area contributed by atoms with Crippen molar-refractivity contribution in [2.24, 2.45) is 0 Å². The lowest BCUT2D eigenvalue weighted by Crippen LogP contribution is -2.14. The van der Waals surface area contributed by atoms with Crippen molar-refractivity contribution in [3.63, 3.8) is 0 Å². The molecule has 0 bridgehead atoms. The van der Waals surface area contributed by atoms with Gasteiger partial charge in [0.1, 0.15) is 5.75 Å². The Hall–Kier alpha value is -1.91. The Morgan fingerprint density at radius 3 is 2.29 bits per heavy atom. The van der Waals surface area contributed by atoms with Gasteiger partial charge in [-0.1, -0.05) is 35.3 Å². The molecular weight excluding hydrogens is 311 g/mol. The summed E-state index contributed by atoms with van der Waals surface area (Å²) in [6.07, 6.45) is 0.240. The number of nitrogens with two attached hydrogens (primary N) is 1. The van der Waals surface area contributed by atoms with Crippen LogP contribution in [-0.2, 0) is 11.2 Å². The second-order valence-electron chi connectivity index (χ2n) is 4.43. The van der Waals surface area contributed by atoms with E-state index in [1.54, 1.807) is 31.4 Å². The minimum Gasteiger partial charge on any atom is -0.497 e. The molecule has 0 saturated heterocycles. The minimum atomic E-state index is -0.169. The van der Waals surface area contributed by atoms with Crippen LogP contribution in [0.25, 0.3) is 0 Å². The number of hydrogen-bond acceptors (Lipinski definition) is 3. The van der Waals surface area contributed by atoms with Gasteiger partial charge in [-0.3, -0.25) is 4.79 Å². The van der Waals surface area contributed by atoms with Crippen molar-refractivity contribution in [1.82, 2.24) is 0 Å². The smallest absolute Gasteiger partial charge is 0.228 e. The molecule has 3 N–H and O–H groups in total. The van der Waals surface area contributed by atoms with Crippen LogP contribution in [0.4, 0.5) is 11.4 Å². The highest BCUT2D eigenvalue weighted by Gasteiger charge is 2.08. The second kappa shape index (κ2) is 6.70. The Kier molecular flexibility index (Phi) is 4.94. The summed E-state index contributed by atoms with van der Waals surface area (Å²) in [5.41, 5.74) is 7.33. The van der Waals surface area contributed by atoms with Crippen molar-refractivity contribution in [2.75, 3.05) is 18.2 Å². The maximum Gasteiger partial charge on any atom is 0.228 e. The van der Waals surface area contributed by atoms with Gasteiger partial charge < -0.3 is 15.8 Å². The minimum absolute atomic E-state index is 0.169. The summed E-state index contributed by atoms with van der Waals surface area (Å²) in [4.78, 5) is 12.0. The number of nitrogen functional groups attached to an aromatic ring is 1. The Morgan fingerprint density at radius 1 is 1.19 bits per heavy atom. The van der Waals surface area contributed by atoms with E-state index in [2.05, 4.69) is 5.32 Å². The van der Waals surface area contributed by atoms with E-state index >= 15 is 0 Å². The molecule has 2 aromatic carbocycles. The van der Waals surface area contributed by atoms with Crippen LogP contribution in [0.5, 0.6) is 5.75 Å². The van der Waals surface area contributed by atoms with Gasteiger partial charge >= 0.3 is 0 Å². The van der Waals surface area contributed by atoms with Gasteiger partial charge in [0.2, 0.25) is 5.91 Å². The molecule has 110 valence electrons. The topological polar surface area (TPSA) is 64.3 Å². The third kappa shape index (κ3) is 4.03. The summed E-state index contributed by atoms with van der Waals surface area (Å²) in [6.45, 7) is 0. The molecule has 0 aliphatic heterocycles. The van der Waals surface area contributed by atoms with E-state index in [-0.39, 0.29) is 12.3 Å². The Morgan fingerprint density at radius 2 is 1.76 bits per heavy atom. The zero-order valence-electron chi connectivity index (χ0n) is 11.3. The summed E-state index contributed by atoms with van der Waals surface area (Å²) in [6, 6.07) is 10.4. The fourth-order valence-corrected chi connectivity index (χ4v) is 2.28. The molecule has 0 aliphatic rings. The number of amides is 1. The largest absolute Gasteiger partial charge is 0.497 e. The summed E-state index contributed by atoms with van der Waals surface area (Å²) in [5.74, 6) is 0.577. The van der Waals surface area contributed by atoms with Crippen molar-refractivity contribution >= 4 is 40.5 Å². The van der Waals surface area contributed by atoms with Gasteiger partial charge in [-0.25, -0.2) is 0 Å². The highest BCUT2D eigenvalue weighted by atomic mass is 35.5. The standard InChI is InChI=1S/C15H14Cl2N2O2/c1-21-11-4-2-9(3-5-11)6-14(20)19-10-7-12(16)15(18)13(17)8-10/h2-5,7-8H,6,18H2,1H3,(H,19,20). The molecule has 0 aromatic heterocycles. The number of anilines is 2. The van der Waals surface area contributed by atoms with Crippen LogP contribution < -0.4 is 15.8 Å². The highest BCUT2D eigenvalue weighted by molar-refractivity contribution is 6.39. The van der Waals surface area contributed by atoms with E-state index in [1.165, 1.54) is 0 Å². The quantitative estimate of drug-likeness (QED) is 0.841. The predicted molar refractivity (Wildman–Crippen MR) is 86.2 cm³/mol. The zero-order chi connectivity index (χ0) is 15.4. The van der Waals surface area contributed by atoms with Crippen LogP contribution in [0.15, 0.2) is 36.4 Å². The van der Waals surface area contributed by atoms with Gasteiger partial charge in [0, 0.05) is 5.69 Å². The fourth-order valence-electron chi connectivity index (χ4n) is 1.79. The predicted octanol–water partition coefficient (Wildman–Crippen LogP) is 3.77. The normalized spacial score (nSPS) is 10.2. The Balaban J connectivity index is 2.04. The molecule has 0 fully saturated rings. The fraction of sp³-hybridized carbons (Fsp3) is 0.133. The van der Waals surface area contributed by atoms with Gasteiger partial charge in [-0.2, -0.15) is 0 Å². The van der Waals surface area contributed by atoms with Gasteiger partial charge in [0.15, 0.2) is 0 Å². The SMILES string of the molecule is COc1ccc(CC(=O)Nc2cc(Cl)c(N)c(Cl)c2)cc1. The lowest BCUT2D eigenvalue weighted by atomic mass is 10.1. The first-order valence-electron chi connectivity index (χ1n) is 6.17. The van der Waals surface area contributed by atoms with Crippen molar-refractivity contribution in [1.29, 1.82) is 0 Å². The molecule has 0 aliphatic carbocycles. The van der Waals surface area contributed by atoms with Crippen LogP contribution in [-0.4, -0.2) is 13.0 Å². The zero-order valence-corrected chi connectivity index (χ0v) is 12.8. The summed E-state index contributed by atoms with van der Waals surface area (Å²) >= 11 is 11.8. The van der Waals surface area contributed by atoms with E-state index in [0.717, 1.165) is 11.3 Å². The van der Waals surface area contributed by atoms with Crippen molar-refractivity contribution in [3.05, 3.63) is 52.0 Å². The van der Waals surface area contributed by atoms with Crippen LogP contribution in [0.2, 0.25) is 10.0 Å². The van der Waals surface area contributed by atoms with E-state index in [4.69, 9.17) is 33.7 Å². The molecule has 0 spiro atoms. The first-order chi connectivity index (χ1) is 9.99. The van der Waals surface area contributed by atoms with Crippen LogP contribution >= 0.6 is 23.2 Å². The van der Waals surface area contributed by atoms with E-state index in [9.17, 15) is 4.79 Å². The lowest BCUT2D eigenvalue weighted by Gasteiger charge is -2.09. The number of nitrogens with one attached hydrogen (secondary N) is 1. The van der Waals surface area contributed by atoms with Crippen LogP contribution in [0.3, 0.4) is 0 Å². The number of benzene rings is 2. The van der Waals surface area contributed by atoms with Crippen LogP contribution in [0.1, 0.15) is 5.56 Å². The Bertz CT molecular complexity index is 634. The average molecular weight is 325 g/mol.